The zero-order valence-corrected chi connectivity index (χ0v) is 17.1. The molecule has 1 N–H and O–H groups in total. The zero-order chi connectivity index (χ0) is 19.1. The van der Waals surface area contributed by atoms with Crippen LogP contribution in [0.2, 0.25) is 0 Å². The first-order chi connectivity index (χ1) is 13.1. The molecule has 1 aliphatic rings. The van der Waals surface area contributed by atoms with Crippen LogP contribution in [-0.2, 0) is 17.7 Å². The number of hydrogen-bond acceptors (Lipinski definition) is 4. The van der Waals surface area contributed by atoms with Crippen molar-refractivity contribution >= 4 is 17.4 Å². The molecule has 0 unspecified atom stereocenters. The van der Waals surface area contributed by atoms with Gasteiger partial charge < -0.3 is 15.0 Å². The summed E-state index contributed by atoms with van der Waals surface area (Å²) >= 11 is 1.69. The van der Waals surface area contributed by atoms with Crippen molar-refractivity contribution in [1.82, 2.24) is 15.2 Å². The third-order valence-corrected chi connectivity index (χ3v) is 6.05. The second-order valence-corrected chi connectivity index (χ2v) is 8.08. The fourth-order valence-electron chi connectivity index (χ4n) is 3.37. The average Bonchev–Trinajstić information content (AvgIpc) is 3.31. The minimum Gasteiger partial charge on any atom is -0.376 e. The van der Waals surface area contributed by atoms with E-state index < -0.39 is 0 Å². The largest absolute Gasteiger partial charge is 0.376 e. The van der Waals surface area contributed by atoms with Crippen LogP contribution in [0, 0.1) is 13.8 Å². The van der Waals surface area contributed by atoms with E-state index in [1.165, 1.54) is 16.0 Å². The molecule has 2 amide bonds. The Morgan fingerprint density at radius 3 is 2.93 bits per heavy atom. The van der Waals surface area contributed by atoms with Crippen molar-refractivity contribution in [2.45, 2.75) is 52.2 Å². The highest BCUT2D eigenvalue weighted by Crippen LogP contribution is 2.17. The molecule has 3 rings (SSSR count). The van der Waals surface area contributed by atoms with Gasteiger partial charge in [0.05, 0.1) is 17.3 Å². The summed E-state index contributed by atoms with van der Waals surface area (Å²) in [7, 11) is 0. The summed E-state index contributed by atoms with van der Waals surface area (Å²) in [6, 6.07) is 8.24. The standard InChI is InChI=1S/C21H29N3O2S/c1-16-7-3-4-8-18(16)13-24(14-19-9-6-12-26-19)21(25)22-11-5-10-20-17(2)23-15-27-20/h3-4,7-8,15,19H,5-6,9-14H2,1-2H3,(H,22,25)/t19-/m1/s1. The smallest absolute Gasteiger partial charge is 0.317 e. The Hall–Kier alpha value is -1.92. The molecule has 5 nitrogen and oxygen atoms in total. The molecule has 1 fully saturated rings. The van der Waals surface area contributed by atoms with Crippen LogP contribution in [0.25, 0.3) is 0 Å². The van der Waals surface area contributed by atoms with Gasteiger partial charge >= 0.3 is 6.03 Å². The van der Waals surface area contributed by atoms with Gasteiger partial charge in [-0.25, -0.2) is 9.78 Å². The summed E-state index contributed by atoms with van der Waals surface area (Å²) < 4.78 is 5.76. The molecule has 0 bridgehead atoms. The van der Waals surface area contributed by atoms with E-state index in [9.17, 15) is 4.79 Å². The Labute approximate surface area is 165 Å². The number of aromatic nitrogens is 1. The lowest BCUT2D eigenvalue weighted by Crippen LogP contribution is -2.43. The molecule has 2 aromatic rings. The second kappa shape index (κ2) is 9.85. The highest BCUT2D eigenvalue weighted by Gasteiger charge is 2.23. The third-order valence-electron chi connectivity index (χ3n) is 5.06. The highest BCUT2D eigenvalue weighted by atomic mass is 32.1. The maximum Gasteiger partial charge on any atom is 0.317 e. The summed E-state index contributed by atoms with van der Waals surface area (Å²) in [6.45, 7) is 6.87. The molecule has 0 radical (unpaired) electrons. The van der Waals surface area contributed by atoms with E-state index >= 15 is 0 Å². The first-order valence-corrected chi connectivity index (χ1v) is 10.6. The fourth-order valence-corrected chi connectivity index (χ4v) is 4.19. The van der Waals surface area contributed by atoms with Gasteiger partial charge in [-0.05, 0) is 50.7 Å². The summed E-state index contributed by atoms with van der Waals surface area (Å²) in [5.41, 5.74) is 5.38. The number of rotatable bonds is 8. The Morgan fingerprint density at radius 1 is 1.37 bits per heavy atom. The van der Waals surface area contributed by atoms with E-state index in [0.29, 0.717) is 19.6 Å². The van der Waals surface area contributed by atoms with Crippen molar-refractivity contribution < 1.29 is 9.53 Å². The van der Waals surface area contributed by atoms with E-state index in [2.05, 4.69) is 29.4 Å². The SMILES string of the molecule is Cc1ccccc1CN(C[C@H]1CCCO1)C(=O)NCCCc1scnc1C. The van der Waals surface area contributed by atoms with Crippen LogP contribution in [0.5, 0.6) is 0 Å². The molecule has 0 spiro atoms. The minimum atomic E-state index is -0.00483. The lowest BCUT2D eigenvalue weighted by atomic mass is 10.1. The van der Waals surface area contributed by atoms with Crippen molar-refractivity contribution in [3.8, 4) is 0 Å². The quantitative estimate of drug-likeness (QED) is 0.694. The van der Waals surface area contributed by atoms with Crippen molar-refractivity contribution in [3.05, 3.63) is 51.5 Å². The minimum absolute atomic E-state index is 0.00483. The average molecular weight is 388 g/mol. The fraction of sp³-hybridized carbons (Fsp3) is 0.524. The number of aryl methyl sites for hydroxylation is 3. The number of urea groups is 1. The summed E-state index contributed by atoms with van der Waals surface area (Å²) in [4.78, 5) is 20.3. The van der Waals surface area contributed by atoms with Gasteiger partial charge in [0.25, 0.3) is 0 Å². The van der Waals surface area contributed by atoms with E-state index in [4.69, 9.17) is 4.74 Å². The molecular formula is C21H29N3O2S. The van der Waals surface area contributed by atoms with Crippen molar-refractivity contribution in [2.24, 2.45) is 0 Å². The zero-order valence-electron chi connectivity index (χ0n) is 16.2. The molecule has 1 aromatic carbocycles. The number of carbonyl (C=O) groups is 1. The predicted octanol–water partition coefficient (Wildman–Crippen LogP) is 4.08. The van der Waals surface area contributed by atoms with Gasteiger partial charge in [0.1, 0.15) is 0 Å². The maximum atomic E-state index is 12.8. The Morgan fingerprint density at radius 2 is 2.22 bits per heavy atom. The van der Waals surface area contributed by atoms with E-state index in [1.807, 2.05) is 29.5 Å². The summed E-state index contributed by atoms with van der Waals surface area (Å²) in [5.74, 6) is 0. The highest BCUT2D eigenvalue weighted by molar-refractivity contribution is 7.09. The lowest BCUT2D eigenvalue weighted by Gasteiger charge is -2.26. The summed E-state index contributed by atoms with van der Waals surface area (Å²) in [6.07, 6.45) is 4.15. The molecule has 1 aromatic heterocycles. The molecule has 2 heterocycles. The van der Waals surface area contributed by atoms with Crippen molar-refractivity contribution in [2.75, 3.05) is 19.7 Å². The van der Waals surface area contributed by atoms with Crippen molar-refractivity contribution in [1.29, 1.82) is 0 Å². The van der Waals surface area contributed by atoms with E-state index in [1.54, 1.807) is 11.3 Å². The number of benzene rings is 1. The summed E-state index contributed by atoms with van der Waals surface area (Å²) in [5, 5.41) is 3.09. The predicted molar refractivity (Wildman–Crippen MR) is 109 cm³/mol. The van der Waals surface area contributed by atoms with Crippen LogP contribution >= 0.6 is 11.3 Å². The Kier molecular flexibility index (Phi) is 7.24. The Bertz CT molecular complexity index is 741. The number of carbonyl (C=O) groups excluding carboxylic acids is 1. The number of thiazole rings is 1. The van der Waals surface area contributed by atoms with Crippen LogP contribution in [0.4, 0.5) is 4.79 Å². The van der Waals surface area contributed by atoms with Crippen LogP contribution in [0.3, 0.4) is 0 Å². The van der Waals surface area contributed by atoms with Crippen molar-refractivity contribution in [3.63, 3.8) is 0 Å². The Balaban J connectivity index is 1.54. The van der Waals surface area contributed by atoms with E-state index in [0.717, 1.165) is 38.0 Å². The molecule has 1 atom stereocenters. The van der Waals surface area contributed by atoms with Gasteiger partial charge in [-0.1, -0.05) is 24.3 Å². The van der Waals surface area contributed by atoms with E-state index in [-0.39, 0.29) is 12.1 Å². The molecule has 0 aliphatic carbocycles. The number of amides is 2. The van der Waals surface area contributed by atoms with Gasteiger partial charge in [-0.15, -0.1) is 11.3 Å². The van der Waals surface area contributed by atoms with Gasteiger partial charge in [0.15, 0.2) is 0 Å². The van der Waals surface area contributed by atoms with Gasteiger partial charge in [-0.2, -0.15) is 0 Å². The molecule has 27 heavy (non-hydrogen) atoms. The second-order valence-electron chi connectivity index (χ2n) is 7.14. The van der Waals surface area contributed by atoms with Gasteiger partial charge in [0, 0.05) is 31.1 Å². The monoisotopic (exact) mass is 387 g/mol. The number of hydrogen-bond donors (Lipinski definition) is 1. The van der Waals surface area contributed by atoms with Crippen LogP contribution in [0.15, 0.2) is 29.8 Å². The van der Waals surface area contributed by atoms with Crippen LogP contribution < -0.4 is 5.32 Å². The molecule has 6 heteroatoms. The number of nitrogens with zero attached hydrogens (tertiary/aromatic N) is 2. The number of ether oxygens (including phenoxy) is 1. The third kappa shape index (κ3) is 5.78. The molecular weight excluding hydrogens is 358 g/mol. The molecule has 146 valence electrons. The first kappa shape index (κ1) is 19.8. The molecule has 1 saturated heterocycles. The maximum absolute atomic E-state index is 12.8. The topological polar surface area (TPSA) is 54.5 Å². The molecule has 1 aliphatic heterocycles. The normalized spacial score (nSPS) is 16.4. The van der Waals surface area contributed by atoms with Gasteiger partial charge in [-0.3, -0.25) is 0 Å². The van der Waals surface area contributed by atoms with Gasteiger partial charge in [0.2, 0.25) is 0 Å². The van der Waals surface area contributed by atoms with Crippen LogP contribution in [0.1, 0.15) is 41.0 Å². The first-order valence-electron chi connectivity index (χ1n) is 9.71. The van der Waals surface area contributed by atoms with Crippen LogP contribution in [-0.4, -0.2) is 41.7 Å². The number of nitrogens with one attached hydrogen (secondary N) is 1. The lowest BCUT2D eigenvalue weighted by molar-refractivity contribution is 0.0794. The molecule has 0 saturated carbocycles.